The Morgan fingerprint density at radius 2 is 1.44 bits per heavy atom. The highest BCUT2D eigenvalue weighted by Crippen LogP contribution is 2.29. The lowest BCUT2D eigenvalue weighted by molar-refractivity contribution is -0.251. The van der Waals surface area contributed by atoms with Crippen molar-refractivity contribution in [1.82, 2.24) is 0 Å². The largest absolute Gasteiger partial charge is 0.394 e. The van der Waals surface area contributed by atoms with E-state index in [1.807, 2.05) is 6.92 Å². The number of hydrogen-bond donors (Lipinski definition) is 6. The van der Waals surface area contributed by atoms with E-state index in [0.717, 1.165) is 0 Å². The summed E-state index contributed by atoms with van der Waals surface area (Å²) in [6, 6.07) is -1.43. The van der Waals surface area contributed by atoms with Crippen LogP contribution in [-0.2, 0) is 18.9 Å². The van der Waals surface area contributed by atoms with E-state index in [0.29, 0.717) is 6.42 Å². The molecular formula is C17H34N2O8. The molecule has 0 aromatic heterocycles. The molecule has 0 radical (unpaired) electrons. The van der Waals surface area contributed by atoms with Gasteiger partial charge in [0.25, 0.3) is 0 Å². The zero-order valence-corrected chi connectivity index (χ0v) is 15.9. The fraction of sp³-hybridized carbons (Fsp3) is 1.00. The summed E-state index contributed by atoms with van der Waals surface area (Å²) in [5, 5.41) is 39.8. The van der Waals surface area contributed by atoms with Gasteiger partial charge in [0.2, 0.25) is 0 Å². The van der Waals surface area contributed by atoms with E-state index in [-0.39, 0.29) is 32.3 Å². The quantitative estimate of drug-likeness (QED) is 0.252. The molecular weight excluding hydrogens is 360 g/mol. The van der Waals surface area contributed by atoms with Gasteiger partial charge in [-0.1, -0.05) is 6.92 Å². The predicted molar refractivity (Wildman–Crippen MR) is 94.6 cm³/mol. The number of methoxy groups -OCH3 is 1. The number of aliphatic hydroxyl groups is 4. The van der Waals surface area contributed by atoms with Gasteiger partial charge in [-0.2, -0.15) is 0 Å². The van der Waals surface area contributed by atoms with Crippen molar-refractivity contribution in [2.24, 2.45) is 23.3 Å². The molecule has 0 bridgehead atoms. The van der Waals surface area contributed by atoms with E-state index in [9.17, 15) is 20.4 Å². The van der Waals surface area contributed by atoms with Crippen molar-refractivity contribution < 1.29 is 39.4 Å². The third-order valence-corrected chi connectivity index (χ3v) is 5.68. The van der Waals surface area contributed by atoms with Crippen molar-refractivity contribution in [3.8, 4) is 0 Å². The van der Waals surface area contributed by atoms with Crippen molar-refractivity contribution in [3.63, 3.8) is 0 Å². The van der Waals surface area contributed by atoms with Crippen molar-refractivity contribution in [1.29, 1.82) is 0 Å². The van der Waals surface area contributed by atoms with Crippen LogP contribution in [0.15, 0.2) is 0 Å². The van der Waals surface area contributed by atoms with Crippen LogP contribution < -0.4 is 11.5 Å². The zero-order chi connectivity index (χ0) is 20.1. The Balaban J connectivity index is 1.92. The lowest BCUT2D eigenvalue weighted by Crippen LogP contribution is -2.61. The molecule has 10 heteroatoms. The standard InChI is InChI=1S/C17H34N2O8/c1-3-8-10(4-20)26-12(13(18)15(8)22)7-25-6-9-11(5-21)27-17(24-2)14(19)16(9)23/h8-17,20-23H,3-7,18-19H2,1-2H3. The molecule has 0 aromatic rings. The molecule has 160 valence electrons. The molecule has 2 aliphatic rings. The normalized spacial score (nSPS) is 45.8. The van der Waals surface area contributed by atoms with Gasteiger partial charge in [-0.3, -0.25) is 0 Å². The molecule has 2 saturated heterocycles. The van der Waals surface area contributed by atoms with Crippen LogP contribution in [0.4, 0.5) is 0 Å². The van der Waals surface area contributed by atoms with Gasteiger partial charge in [-0.15, -0.1) is 0 Å². The van der Waals surface area contributed by atoms with Crippen LogP contribution in [0.2, 0.25) is 0 Å². The summed E-state index contributed by atoms with van der Waals surface area (Å²) in [7, 11) is 1.41. The van der Waals surface area contributed by atoms with Crippen LogP contribution in [-0.4, -0.2) is 103 Å². The maximum Gasteiger partial charge on any atom is 0.175 e. The van der Waals surface area contributed by atoms with Crippen LogP contribution in [0.25, 0.3) is 0 Å². The van der Waals surface area contributed by atoms with Crippen LogP contribution in [0, 0.1) is 11.8 Å². The minimum Gasteiger partial charge on any atom is -0.394 e. The van der Waals surface area contributed by atoms with Crippen LogP contribution in [0.5, 0.6) is 0 Å². The van der Waals surface area contributed by atoms with E-state index in [1.165, 1.54) is 7.11 Å². The van der Waals surface area contributed by atoms with Gasteiger partial charge in [0.15, 0.2) is 6.29 Å². The number of nitrogens with two attached hydrogens (primary N) is 2. The lowest BCUT2D eigenvalue weighted by atomic mass is 9.84. The molecule has 10 unspecified atom stereocenters. The molecule has 10 atom stereocenters. The summed E-state index contributed by atoms with van der Waals surface area (Å²) >= 11 is 0. The van der Waals surface area contributed by atoms with Gasteiger partial charge in [0.05, 0.1) is 69.0 Å². The van der Waals surface area contributed by atoms with Crippen molar-refractivity contribution >= 4 is 0 Å². The molecule has 0 aliphatic carbocycles. The van der Waals surface area contributed by atoms with Gasteiger partial charge in [-0.25, -0.2) is 0 Å². The smallest absolute Gasteiger partial charge is 0.175 e. The molecule has 27 heavy (non-hydrogen) atoms. The van der Waals surface area contributed by atoms with Gasteiger partial charge in [0.1, 0.15) is 0 Å². The molecule has 0 amide bonds. The fourth-order valence-electron chi connectivity index (χ4n) is 3.92. The zero-order valence-electron chi connectivity index (χ0n) is 15.9. The predicted octanol–water partition coefficient (Wildman–Crippen LogP) is -2.85. The molecule has 0 spiro atoms. The fourth-order valence-corrected chi connectivity index (χ4v) is 3.92. The molecule has 0 aromatic carbocycles. The number of rotatable bonds is 8. The van der Waals surface area contributed by atoms with E-state index >= 15 is 0 Å². The molecule has 2 fully saturated rings. The molecule has 2 aliphatic heterocycles. The molecule has 2 rings (SSSR count). The van der Waals surface area contributed by atoms with Crippen molar-refractivity contribution in [2.75, 3.05) is 33.5 Å². The van der Waals surface area contributed by atoms with Gasteiger partial charge >= 0.3 is 0 Å². The Bertz CT molecular complexity index is 441. The minimum atomic E-state index is -0.984. The second kappa shape index (κ2) is 10.4. The average molecular weight is 394 g/mol. The molecule has 10 nitrogen and oxygen atoms in total. The number of ether oxygens (including phenoxy) is 4. The highest BCUT2D eigenvalue weighted by Gasteiger charge is 2.45. The van der Waals surface area contributed by atoms with Gasteiger partial charge in [0, 0.05) is 18.9 Å². The third kappa shape index (κ3) is 4.96. The van der Waals surface area contributed by atoms with E-state index in [4.69, 9.17) is 30.4 Å². The lowest BCUT2D eigenvalue weighted by Gasteiger charge is -2.44. The number of aliphatic hydroxyl groups excluding tert-OH is 4. The third-order valence-electron chi connectivity index (χ3n) is 5.68. The molecule has 2 heterocycles. The monoisotopic (exact) mass is 394 g/mol. The van der Waals surface area contributed by atoms with Crippen molar-refractivity contribution in [2.45, 2.75) is 62.2 Å². The highest BCUT2D eigenvalue weighted by atomic mass is 16.7. The molecule has 0 saturated carbocycles. The Hall–Kier alpha value is -0.400. The SMILES string of the molecule is CCC1C(CO)OC(COCC2C(CO)OC(OC)C(N)C2O)C(N)C1O. The first-order chi connectivity index (χ1) is 12.9. The second-order valence-corrected chi connectivity index (χ2v) is 7.27. The Morgan fingerprint density at radius 1 is 0.852 bits per heavy atom. The summed E-state index contributed by atoms with van der Waals surface area (Å²) in [6.07, 6.45) is -3.77. The maximum absolute atomic E-state index is 10.4. The van der Waals surface area contributed by atoms with Gasteiger partial charge < -0.3 is 50.8 Å². The van der Waals surface area contributed by atoms with Crippen LogP contribution in [0.1, 0.15) is 13.3 Å². The Kier molecular flexibility index (Phi) is 8.81. The Labute approximate surface area is 159 Å². The van der Waals surface area contributed by atoms with Gasteiger partial charge in [-0.05, 0) is 6.42 Å². The second-order valence-electron chi connectivity index (χ2n) is 7.27. The van der Waals surface area contributed by atoms with Crippen molar-refractivity contribution in [3.05, 3.63) is 0 Å². The minimum absolute atomic E-state index is 0.0558. The summed E-state index contributed by atoms with van der Waals surface area (Å²) in [5.74, 6) is -0.796. The average Bonchev–Trinajstić information content (AvgIpc) is 2.68. The Morgan fingerprint density at radius 3 is 2.00 bits per heavy atom. The van der Waals surface area contributed by atoms with E-state index in [2.05, 4.69) is 0 Å². The summed E-state index contributed by atoms with van der Waals surface area (Å²) in [6.45, 7) is 1.49. The first kappa shape index (κ1) is 22.9. The summed E-state index contributed by atoms with van der Waals surface area (Å²) in [5.41, 5.74) is 12.0. The highest BCUT2D eigenvalue weighted by molar-refractivity contribution is 4.94. The van der Waals surface area contributed by atoms with E-state index in [1.54, 1.807) is 0 Å². The first-order valence-corrected chi connectivity index (χ1v) is 9.39. The maximum atomic E-state index is 10.4. The van der Waals surface area contributed by atoms with Crippen LogP contribution >= 0.6 is 0 Å². The number of hydrogen-bond acceptors (Lipinski definition) is 10. The first-order valence-electron chi connectivity index (χ1n) is 9.39. The summed E-state index contributed by atoms with van der Waals surface area (Å²) < 4.78 is 22.1. The topological polar surface area (TPSA) is 170 Å². The summed E-state index contributed by atoms with van der Waals surface area (Å²) in [4.78, 5) is 0. The van der Waals surface area contributed by atoms with Crippen LogP contribution in [0.3, 0.4) is 0 Å². The molecule has 8 N–H and O–H groups in total. The van der Waals surface area contributed by atoms with E-state index < -0.39 is 54.8 Å².